The smallest absolute Gasteiger partial charge is 0.260 e. The maximum absolute atomic E-state index is 5.48. The van der Waals surface area contributed by atoms with Gasteiger partial charge in [-0.1, -0.05) is 5.16 Å². The lowest BCUT2D eigenvalue weighted by atomic mass is 10.0. The highest BCUT2D eigenvalue weighted by Crippen LogP contribution is 2.28. The van der Waals surface area contributed by atoms with Crippen LogP contribution in [0.2, 0.25) is 0 Å². The second-order valence-corrected chi connectivity index (χ2v) is 5.25. The fraction of sp³-hybridized carbons (Fsp3) is 0.429. The Labute approximate surface area is 120 Å². The van der Waals surface area contributed by atoms with Crippen LogP contribution < -0.4 is 0 Å². The topological polar surface area (TPSA) is 89.7 Å². The molecule has 0 radical (unpaired) electrons. The lowest BCUT2D eigenvalue weighted by molar-refractivity contribution is 0.0773. The van der Waals surface area contributed by atoms with Crippen LogP contribution in [-0.2, 0) is 4.74 Å². The standard InChI is InChI=1S/C14H15N5O2/c1-8-16-11-10(4-5-15-13(11)17-8)14-18-12(19-21-14)9-3-2-6-20-7-9/h4-5,9H,2-3,6-7H2,1H3,(H,15,16,17). The third kappa shape index (κ3) is 2.19. The van der Waals surface area contributed by atoms with E-state index in [9.17, 15) is 0 Å². The Bertz CT molecular complexity index is 773. The number of H-pyrrole nitrogens is 1. The minimum absolute atomic E-state index is 0.220. The summed E-state index contributed by atoms with van der Waals surface area (Å²) < 4.78 is 10.9. The molecule has 4 rings (SSSR count). The predicted octanol–water partition coefficient (Wildman–Crippen LogP) is 2.21. The molecule has 1 fully saturated rings. The molecular formula is C14H15N5O2. The molecule has 0 bridgehead atoms. The predicted molar refractivity (Wildman–Crippen MR) is 74.7 cm³/mol. The van der Waals surface area contributed by atoms with E-state index < -0.39 is 0 Å². The number of rotatable bonds is 2. The second kappa shape index (κ2) is 4.92. The molecule has 7 heteroatoms. The van der Waals surface area contributed by atoms with Crippen LogP contribution in [0.1, 0.15) is 30.4 Å². The van der Waals surface area contributed by atoms with Gasteiger partial charge in [0.25, 0.3) is 5.89 Å². The quantitative estimate of drug-likeness (QED) is 0.776. The van der Waals surface area contributed by atoms with Gasteiger partial charge in [-0.3, -0.25) is 0 Å². The van der Waals surface area contributed by atoms with Gasteiger partial charge in [-0.2, -0.15) is 4.98 Å². The maximum atomic E-state index is 5.48. The van der Waals surface area contributed by atoms with Crippen molar-refractivity contribution in [2.75, 3.05) is 13.2 Å². The van der Waals surface area contributed by atoms with Crippen LogP contribution in [0.4, 0.5) is 0 Å². The molecule has 3 aromatic heterocycles. The summed E-state index contributed by atoms with van der Waals surface area (Å²) in [5, 5.41) is 4.11. The Kier molecular flexibility index (Phi) is 2.92. The first-order valence-corrected chi connectivity index (χ1v) is 7.04. The van der Waals surface area contributed by atoms with E-state index in [1.165, 1.54) is 0 Å². The van der Waals surface area contributed by atoms with Crippen molar-refractivity contribution in [2.24, 2.45) is 0 Å². The molecule has 108 valence electrons. The van der Waals surface area contributed by atoms with E-state index in [4.69, 9.17) is 9.26 Å². The molecule has 1 aliphatic heterocycles. The molecule has 1 unspecified atom stereocenters. The highest BCUT2D eigenvalue weighted by molar-refractivity contribution is 5.86. The van der Waals surface area contributed by atoms with Crippen LogP contribution >= 0.6 is 0 Å². The number of hydrogen-bond donors (Lipinski definition) is 1. The summed E-state index contributed by atoms with van der Waals surface area (Å²) >= 11 is 0. The molecule has 0 aliphatic carbocycles. The van der Waals surface area contributed by atoms with Gasteiger partial charge in [0.1, 0.15) is 5.82 Å². The lowest BCUT2D eigenvalue weighted by Gasteiger charge is -2.18. The van der Waals surface area contributed by atoms with E-state index in [0.717, 1.165) is 36.4 Å². The Hall–Kier alpha value is -2.28. The van der Waals surface area contributed by atoms with Crippen molar-refractivity contribution >= 4 is 11.2 Å². The normalized spacial score (nSPS) is 19.2. The molecule has 0 saturated carbocycles. The van der Waals surface area contributed by atoms with E-state index >= 15 is 0 Å². The molecule has 0 aromatic carbocycles. The van der Waals surface area contributed by atoms with E-state index in [-0.39, 0.29) is 5.92 Å². The van der Waals surface area contributed by atoms with Gasteiger partial charge in [-0.25, -0.2) is 9.97 Å². The average Bonchev–Trinajstić information content (AvgIpc) is 3.13. The fourth-order valence-electron chi connectivity index (χ4n) is 2.66. The lowest BCUT2D eigenvalue weighted by Crippen LogP contribution is -2.16. The van der Waals surface area contributed by atoms with Crippen molar-refractivity contribution in [3.8, 4) is 11.5 Å². The van der Waals surface area contributed by atoms with E-state index in [0.29, 0.717) is 24.0 Å². The van der Waals surface area contributed by atoms with Crippen LogP contribution in [-0.4, -0.2) is 38.3 Å². The summed E-state index contributed by atoms with van der Waals surface area (Å²) in [6.07, 6.45) is 3.77. The Balaban J connectivity index is 1.73. The zero-order valence-corrected chi connectivity index (χ0v) is 11.7. The van der Waals surface area contributed by atoms with Gasteiger partial charge in [0.05, 0.1) is 17.7 Å². The number of aromatic nitrogens is 5. The SMILES string of the molecule is Cc1nc2nccc(-c3nc(C4CCCOC4)no3)c2[nH]1. The van der Waals surface area contributed by atoms with Crippen LogP contribution in [0.3, 0.4) is 0 Å². The molecule has 1 N–H and O–H groups in total. The third-order valence-electron chi connectivity index (χ3n) is 3.71. The van der Waals surface area contributed by atoms with Gasteiger partial charge in [-0.05, 0) is 25.8 Å². The maximum Gasteiger partial charge on any atom is 0.260 e. The molecule has 1 atom stereocenters. The summed E-state index contributed by atoms with van der Waals surface area (Å²) in [6.45, 7) is 3.37. The first kappa shape index (κ1) is 12.5. The minimum atomic E-state index is 0.220. The summed E-state index contributed by atoms with van der Waals surface area (Å²) in [7, 11) is 0. The van der Waals surface area contributed by atoms with Gasteiger partial charge < -0.3 is 14.2 Å². The summed E-state index contributed by atoms with van der Waals surface area (Å²) in [5.41, 5.74) is 2.31. The number of imidazole rings is 1. The Morgan fingerprint density at radius 3 is 3.14 bits per heavy atom. The number of fused-ring (bicyclic) bond motifs is 1. The summed E-state index contributed by atoms with van der Waals surface area (Å²) in [6, 6.07) is 1.86. The Morgan fingerprint density at radius 1 is 1.33 bits per heavy atom. The monoisotopic (exact) mass is 285 g/mol. The fourth-order valence-corrected chi connectivity index (χ4v) is 2.66. The molecule has 3 aromatic rings. The van der Waals surface area contributed by atoms with Crippen LogP contribution in [0.5, 0.6) is 0 Å². The number of aryl methyl sites for hydroxylation is 1. The molecule has 1 aliphatic rings. The van der Waals surface area contributed by atoms with Crippen molar-refractivity contribution in [2.45, 2.75) is 25.7 Å². The molecular weight excluding hydrogens is 270 g/mol. The highest BCUT2D eigenvalue weighted by atomic mass is 16.5. The largest absolute Gasteiger partial charge is 0.381 e. The molecule has 0 spiro atoms. The van der Waals surface area contributed by atoms with Crippen LogP contribution in [0, 0.1) is 6.92 Å². The molecule has 4 heterocycles. The van der Waals surface area contributed by atoms with Crippen molar-refractivity contribution in [3.05, 3.63) is 23.9 Å². The van der Waals surface area contributed by atoms with E-state index in [1.807, 2.05) is 13.0 Å². The van der Waals surface area contributed by atoms with Gasteiger partial charge in [-0.15, -0.1) is 0 Å². The number of hydrogen-bond acceptors (Lipinski definition) is 6. The molecule has 21 heavy (non-hydrogen) atoms. The number of pyridine rings is 1. The van der Waals surface area contributed by atoms with Crippen molar-refractivity contribution in [1.29, 1.82) is 0 Å². The number of aromatic amines is 1. The van der Waals surface area contributed by atoms with Crippen molar-refractivity contribution < 1.29 is 9.26 Å². The minimum Gasteiger partial charge on any atom is -0.381 e. The van der Waals surface area contributed by atoms with Gasteiger partial charge >= 0.3 is 0 Å². The van der Waals surface area contributed by atoms with Gasteiger partial charge in [0.15, 0.2) is 11.5 Å². The highest BCUT2D eigenvalue weighted by Gasteiger charge is 2.23. The molecule has 1 saturated heterocycles. The zero-order valence-electron chi connectivity index (χ0n) is 11.7. The van der Waals surface area contributed by atoms with E-state index in [2.05, 4.69) is 25.1 Å². The van der Waals surface area contributed by atoms with Gasteiger partial charge in [0.2, 0.25) is 0 Å². The van der Waals surface area contributed by atoms with Gasteiger partial charge in [0, 0.05) is 18.7 Å². The second-order valence-electron chi connectivity index (χ2n) is 5.25. The van der Waals surface area contributed by atoms with Crippen molar-refractivity contribution in [1.82, 2.24) is 25.1 Å². The number of nitrogens with one attached hydrogen (secondary N) is 1. The first-order chi connectivity index (χ1) is 10.3. The third-order valence-corrected chi connectivity index (χ3v) is 3.71. The molecule has 7 nitrogen and oxygen atoms in total. The van der Waals surface area contributed by atoms with Crippen molar-refractivity contribution in [3.63, 3.8) is 0 Å². The first-order valence-electron chi connectivity index (χ1n) is 7.04. The molecule has 0 amide bonds. The average molecular weight is 285 g/mol. The number of nitrogens with zero attached hydrogens (tertiary/aromatic N) is 4. The van der Waals surface area contributed by atoms with E-state index in [1.54, 1.807) is 6.20 Å². The number of ether oxygens (including phenoxy) is 1. The Morgan fingerprint density at radius 2 is 2.29 bits per heavy atom. The van der Waals surface area contributed by atoms with Crippen LogP contribution in [0.15, 0.2) is 16.8 Å². The zero-order chi connectivity index (χ0) is 14.2. The summed E-state index contributed by atoms with van der Waals surface area (Å²) in [5.74, 6) is 2.24. The van der Waals surface area contributed by atoms with Crippen LogP contribution in [0.25, 0.3) is 22.6 Å². The summed E-state index contributed by atoms with van der Waals surface area (Å²) in [4.78, 5) is 16.3.